The number of amides is 4. The van der Waals surface area contributed by atoms with Crippen LogP contribution in [-0.2, 0) is 23.2 Å². The Morgan fingerprint density at radius 2 is 1.75 bits per heavy atom. The van der Waals surface area contributed by atoms with Gasteiger partial charge in [-0.25, -0.2) is 18.4 Å². The molecule has 0 saturated carbocycles. The number of piperazine rings is 1. The number of carbonyl (C=O) groups is 4. The molecule has 3 aliphatic heterocycles. The molecule has 5 aromatic rings. The molecule has 2 fully saturated rings. The number of ether oxygens (including phenoxy) is 1. The topological polar surface area (TPSA) is 160 Å². The van der Waals surface area contributed by atoms with Crippen molar-refractivity contribution in [3.8, 4) is 17.1 Å². The summed E-state index contributed by atoms with van der Waals surface area (Å²) in [7, 11) is 1.82. The second-order valence-corrected chi connectivity index (χ2v) is 16.2. The minimum absolute atomic E-state index is 0.0305. The normalized spacial score (nSPS) is 19.0. The molecule has 61 heavy (non-hydrogen) atoms. The molecular weight excluding hydrogens is 787 g/mol. The van der Waals surface area contributed by atoms with Crippen LogP contribution in [0, 0.1) is 24.5 Å². The van der Waals surface area contributed by atoms with E-state index in [-0.39, 0.29) is 36.1 Å². The summed E-state index contributed by atoms with van der Waals surface area (Å²) in [6.07, 6.45) is 3.42. The van der Waals surface area contributed by atoms with Gasteiger partial charge >= 0.3 is 0 Å². The fraction of sp³-hybridized carbons (Fsp3) is 0.432. The third-order valence-electron chi connectivity index (χ3n) is 11.9. The number of nitrogens with one attached hydrogen (secondary N) is 2. The van der Waals surface area contributed by atoms with Crippen molar-refractivity contribution in [2.45, 2.75) is 58.9 Å². The van der Waals surface area contributed by atoms with Crippen LogP contribution < -0.4 is 20.3 Å². The Bertz CT molecular complexity index is 2490. The van der Waals surface area contributed by atoms with Crippen molar-refractivity contribution in [3.05, 3.63) is 82.7 Å². The number of likely N-dealkylation sites (N-methyl/N-ethyl adjacent to an activating group) is 1. The van der Waals surface area contributed by atoms with E-state index in [2.05, 4.69) is 32.5 Å². The van der Waals surface area contributed by atoms with Gasteiger partial charge in [0.2, 0.25) is 23.6 Å². The molecule has 2 bridgehead atoms. The largest absolute Gasteiger partial charge is 0.477 e. The zero-order chi connectivity index (χ0) is 42.9. The van der Waals surface area contributed by atoms with Crippen molar-refractivity contribution in [2.24, 2.45) is 13.0 Å². The molecule has 2 saturated heterocycles. The summed E-state index contributed by atoms with van der Waals surface area (Å²) in [5.41, 5.74) is 4.36. The van der Waals surface area contributed by atoms with Crippen LogP contribution in [0.2, 0.25) is 0 Å². The Morgan fingerprint density at radius 3 is 2.49 bits per heavy atom. The lowest BCUT2D eigenvalue weighted by molar-refractivity contribution is -0.134. The lowest BCUT2D eigenvalue weighted by Crippen LogP contribution is -2.49. The average Bonchev–Trinajstić information content (AvgIpc) is 3.77. The molecule has 8 rings (SSSR count). The van der Waals surface area contributed by atoms with Crippen molar-refractivity contribution in [2.75, 3.05) is 62.6 Å². The summed E-state index contributed by atoms with van der Waals surface area (Å²) in [6, 6.07) is 11.4. The van der Waals surface area contributed by atoms with E-state index in [1.165, 1.54) is 12.1 Å². The third kappa shape index (κ3) is 8.69. The van der Waals surface area contributed by atoms with Gasteiger partial charge in [-0.1, -0.05) is 6.92 Å². The summed E-state index contributed by atoms with van der Waals surface area (Å²) in [5, 5.41) is 9.61. The molecule has 17 heteroatoms. The van der Waals surface area contributed by atoms with Gasteiger partial charge in [0.05, 0.1) is 41.0 Å². The van der Waals surface area contributed by atoms with E-state index in [4.69, 9.17) is 9.72 Å². The summed E-state index contributed by atoms with van der Waals surface area (Å²) in [6.45, 7) is 10.8. The van der Waals surface area contributed by atoms with Crippen LogP contribution >= 0.6 is 0 Å². The zero-order valence-electron chi connectivity index (χ0n) is 34.8. The Morgan fingerprint density at radius 1 is 0.984 bits per heavy atom. The van der Waals surface area contributed by atoms with Gasteiger partial charge in [-0.3, -0.25) is 39.7 Å². The molecule has 4 amide bonds. The van der Waals surface area contributed by atoms with Gasteiger partial charge in [0.1, 0.15) is 11.6 Å². The SMILES string of the molecule is CCN(CCN1CCN(c2cc(F)c([C@H]3CCC(=O)NC3=O)c(F)c2)CC1)C(=O)c1ccc2nc3n(c2c1)C[C@H](C)CCCOc1c(cnn1C)-c1cc(cc(C)n1)C(=O)N3. The van der Waals surface area contributed by atoms with Crippen LogP contribution in [0.3, 0.4) is 0 Å². The molecule has 0 spiro atoms. The molecule has 3 aliphatic rings. The second kappa shape index (κ2) is 17.4. The number of imidazole rings is 1. The molecule has 2 N–H and O–H groups in total. The second-order valence-electron chi connectivity index (χ2n) is 16.2. The van der Waals surface area contributed by atoms with Crippen LogP contribution in [0.25, 0.3) is 22.3 Å². The minimum Gasteiger partial charge on any atom is -0.477 e. The van der Waals surface area contributed by atoms with Crippen molar-refractivity contribution < 1.29 is 32.7 Å². The first-order chi connectivity index (χ1) is 29.4. The quantitative estimate of drug-likeness (QED) is 0.207. The number of halogens is 2. The Labute approximate surface area is 352 Å². The molecule has 15 nitrogen and oxygen atoms in total. The number of nitrogens with zero attached hydrogens (tertiary/aromatic N) is 8. The molecule has 2 atom stereocenters. The number of aromatic nitrogens is 5. The predicted octanol–water partition coefficient (Wildman–Crippen LogP) is 5.28. The van der Waals surface area contributed by atoms with E-state index in [0.717, 1.165) is 18.4 Å². The first kappa shape index (κ1) is 41.5. The van der Waals surface area contributed by atoms with Gasteiger partial charge in [0, 0.05) is 93.9 Å². The van der Waals surface area contributed by atoms with E-state index in [1.54, 1.807) is 34.0 Å². The van der Waals surface area contributed by atoms with E-state index in [1.807, 2.05) is 42.5 Å². The molecule has 0 unspecified atom stereocenters. The van der Waals surface area contributed by atoms with Gasteiger partial charge in [-0.15, -0.1) is 0 Å². The molecule has 6 heterocycles. The Kier molecular flexibility index (Phi) is 11.8. The van der Waals surface area contributed by atoms with E-state index < -0.39 is 29.4 Å². The van der Waals surface area contributed by atoms with E-state index in [9.17, 15) is 19.2 Å². The number of fused-ring (bicyclic) bond motifs is 7. The van der Waals surface area contributed by atoms with Crippen molar-refractivity contribution in [1.82, 2.24) is 39.4 Å². The number of piperidine rings is 1. The number of carbonyl (C=O) groups excluding carboxylic acids is 4. The van der Waals surface area contributed by atoms with Gasteiger partial charge < -0.3 is 19.1 Å². The molecule has 3 aromatic heterocycles. The monoisotopic (exact) mass is 836 g/mol. The van der Waals surface area contributed by atoms with Gasteiger partial charge in [0.25, 0.3) is 11.8 Å². The number of imide groups is 1. The van der Waals surface area contributed by atoms with E-state index >= 15 is 8.78 Å². The number of rotatable bonds is 7. The van der Waals surface area contributed by atoms with Crippen LogP contribution in [0.1, 0.15) is 77.4 Å². The van der Waals surface area contributed by atoms with Gasteiger partial charge in [0.15, 0.2) is 0 Å². The number of aryl methyl sites for hydroxylation is 2. The molecule has 320 valence electrons. The number of benzene rings is 2. The van der Waals surface area contributed by atoms with Crippen molar-refractivity contribution in [1.29, 1.82) is 0 Å². The lowest BCUT2D eigenvalue weighted by Gasteiger charge is -2.37. The van der Waals surface area contributed by atoms with Crippen LogP contribution in [0.15, 0.2) is 48.7 Å². The molecular formula is C44H50F2N10O5. The first-order valence-corrected chi connectivity index (χ1v) is 20.9. The number of anilines is 2. The van der Waals surface area contributed by atoms with Crippen LogP contribution in [0.5, 0.6) is 5.88 Å². The molecule has 2 aromatic carbocycles. The summed E-state index contributed by atoms with van der Waals surface area (Å²) >= 11 is 0. The predicted molar refractivity (Wildman–Crippen MR) is 224 cm³/mol. The van der Waals surface area contributed by atoms with Gasteiger partial charge in [-0.05, 0) is 81.5 Å². The molecule has 0 radical (unpaired) electrons. The number of pyridine rings is 1. The Hall–Kier alpha value is -6.23. The summed E-state index contributed by atoms with van der Waals surface area (Å²) in [5.74, 6) is -3.08. The average molecular weight is 837 g/mol. The van der Waals surface area contributed by atoms with Crippen LogP contribution in [0.4, 0.5) is 20.4 Å². The maximum Gasteiger partial charge on any atom is 0.258 e. The fourth-order valence-corrected chi connectivity index (χ4v) is 8.56. The maximum absolute atomic E-state index is 15.3. The number of hydrogen-bond donors (Lipinski definition) is 2. The fourth-order valence-electron chi connectivity index (χ4n) is 8.56. The smallest absolute Gasteiger partial charge is 0.258 e. The molecule has 0 aliphatic carbocycles. The summed E-state index contributed by atoms with van der Waals surface area (Å²) < 4.78 is 40.4. The standard InChI is InChI=1S/C44H50F2N10O5/c1-5-54(15-12-53-13-16-55(17-14-53)30-22-33(45)39(34(46)23-30)31-9-11-38(57)50-41(31)59)42(60)28-8-10-35-37(21-28)56-25-26(2)7-6-18-61-43-32(24-47-52(43)4)36-20-29(19-27(3)48-36)40(58)51-44(56)49-35/h8,10,19-24,26,31H,5-7,9,11-18,25H2,1-4H3,(H,49,51,58)(H,50,57,59)/t26-,31-/m1/s1. The highest BCUT2D eigenvalue weighted by atomic mass is 19.1. The highest BCUT2D eigenvalue weighted by molar-refractivity contribution is 6.05. The van der Waals surface area contributed by atoms with Gasteiger partial charge in [-0.2, -0.15) is 5.10 Å². The lowest BCUT2D eigenvalue weighted by atomic mass is 9.89. The first-order valence-electron chi connectivity index (χ1n) is 20.9. The van der Waals surface area contributed by atoms with Crippen molar-refractivity contribution in [3.63, 3.8) is 0 Å². The summed E-state index contributed by atoms with van der Waals surface area (Å²) in [4.78, 5) is 67.2. The maximum atomic E-state index is 15.3. The third-order valence-corrected chi connectivity index (χ3v) is 11.9. The zero-order valence-corrected chi connectivity index (χ0v) is 34.8. The highest BCUT2D eigenvalue weighted by Crippen LogP contribution is 2.34. The minimum atomic E-state index is -1.05. The van der Waals surface area contributed by atoms with Crippen LogP contribution in [-0.4, -0.2) is 110 Å². The Balaban J connectivity index is 0.948. The van der Waals surface area contributed by atoms with E-state index in [0.29, 0.717) is 110 Å². The number of hydrogen-bond acceptors (Lipinski definition) is 10. The highest BCUT2D eigenvalue weighted by Gasteiger charge is 2.33. The van der Waals surface area contributed by atoms with Crippen molar-refractivity contribution >= 4 is 46.3 Å².